The van der Waals surface area contributed by atoms with Gasteiger partial charge in [0.25, 0.3) is 0 Å². The van der Waals surface area contributed by atoms with Crippen LogP contribution in [0.4, 0.5) is 0 Å². The summed E-state index contributed by atoms with van der Waals surface area (Å²) in [6.07, 6.45) is 10.4. The van der Waals surface area contributed by atoms with E-state index in [4.69, 9.17) is 0 Å². The Morgan fingerprint density at radius 1 is 1.10 bits per heavy atom. The summed E-state index contributed by atoms with van der Waals surface area (Å²) in [5.41, 5.74) is 1.85. The smallest absolute Gasteiger partial charge is 0.0754 e. The lowest BCUT2D eigenvalue weighted by molar-refractivity contribution is -0.167. The molecule has 0 bridgehead atoms. The molecule has 9 atom stereocenters. The van der Waals surface area contributed by atoms with Crippen LogP contribution in [0.5, 0.6) is 0 Å². The third-order valence-corrected chi connectivity index (χ3v) is 10.9. The third-order valence-electron chi connectivity index (χ3n) is 10.9. The van der Waals surface area contributed by atoms with Gasteiger partial charge in [-0.25, -0.2) is 0 Å². The second-order valence-electron chi connectivity index (χ2n) is 12.4. The van der Waals surface area contributed by atoms with Crippen LogP contribution in [0.15, 0.2) is 23.8 Å². The van der Waals surface area contributed by atoms with Crippen molar-refractivity contribution in [1.82, 2.24) is 0 Å². The summed E-state index contributed by atoms with van der Waals surface area (Å²) in [7, 11) is 0. The molecule has 3 nitrogen and oxygen atoms in total. The van der Waals surface area contributed by atoms with Gasteiger partial charge in [-0.15, -0.1) is 0 Å². The normalized spacial score (nSPS) is 46.5. The first-order valence-corrected chi connectivity index (χ1v) is 12.9. The number of aliphatic hydroxyl groups excluding tert-OH is 2. The SMILES string of the molecule is C=C(CC(O)C(C)C1(O)CCC2C3CC=C4CC(O)CCC4(C)C3CCC21C)C(C)C. The van der Waals surface area contributed by atoms with Gasteiger partial charge in [0.2, 0.25) is 0 Å². The van der Waals surface area contributed by atoms with Crippen molar-refractivity contribution in [1.29, 1.82) is 0 Å². The van der Waals surface area contributed by atoms with E-state index in [0.717, 1.165) is 56.9 Å². The summed E-state index contributed by atoms with van der Waals surface area (Å²) in [4.78, 5) is 0. The molecule has 4 rings (SSSR count). The first-order valence-electron chi connectivity index (χ1n) is 12.9. The topological polar surface area (TPSA) is 60.7 Å². The molecule has 0 heterocycles. The van der Waals surface area contributed by atoms with E-state index in [9.17, 15) is 15.3 Å². The van der Waals surface area contributed by atoms with Gasteiger partial charge in [-0.05, 0) is 92.3 Å². The molecule has 4 aliphatic rings. The van der Waals surface area contributed by atoms with Gasteiger partial charge in [0.15, 0.2) is 0 Å². The number of hydrogen-bond acceptors (Lipinski definition) is 3. The second-order valence-corrected chi connectivity index (χ2v) is 12.4. The standard InChI is InChI=1S/C28H46O3/c1-17(2)18(3)15-25(30)19(4)28(31)14-11-24-22-8-7-20-16-21(29)9-12-26(20,5)23(22)10-13-27(24,28)6/h7,17,19,21-25,29-31H,3,8-16H2,1-2,4-6H3. The minimum atomic E-state index is -0.813. The van der Waals surface area contributed by atoms with Crippen molar-refractivity contribution >= 4 is 0 Å². The van der Waals surface area contributed by atoms with E-state index >= 15 is 0 Å². The van der Waals surface area contributed by atoms with E-state index in [0.29, 0.717) is 30.1 Å². The van der Waals surface area contributed by atoms with Crippen LogP contribution >= 0.6 is 0 Å². The molecule has 3 heteroatoms. The predicted octanol–water partition coefficient (Wildman–Crippen LogP) is 5.64. The van der Waals surface area contributed by atoms with Gasteiger partial charge >= 0.3 is 0 Å². The summed E-state index contributed by atoms with van der Waals surface area (Å²) in [5.74, 6) is 2.01. The fourth-order valence-electron chi connectivity index (χ4n) is 8.44. The van der Waals surface area contributed by atoms with Crippen molar-refractivity contribution in [2.75, 3.05) is 0 Å². The first-order chi connectivity index (χ1) is 14.4. The van der Waals surface area contributed by atoms with Crippen LogP contribution in [-0.4, -0.2) is 33.1 Å². The predicted molar refractivity (Wildman–Crippen MR) is 126 cm³/mol. The maximum Gasteiger partial charge on any atom is 0.0754 e. The zero-order chi connectivity index (χ0) is 22.8. The third kappa shape index (κ3) is 3.49. The van der Waals surface area contributed by atoms with E-state index in [2.05, 4.69) is 47.3 Å². The quantitative estimate of drug-likeness (QED) is 0.495. The van der Waals surface area contributed by atoms with Crippen LogP contribution in [-0.2, 0) is 0 Å². The number of rotatable bonds is 5. The molecule has 0 saturated heterocycles. The van der Waals surface area contributed by atoms with Crippen molar-refractivity contribution in [3.05, 3.63) is 23.8 Å². The van der Waals surface area contributed by atoms with E-state index in [1.54, 1.807) is 0 Å². The highest BCUT2D eigenvalue weighted by atomic mass is 16.3. The molecule has 0 aromatic heterocycles. The maximum atomic E-state index is 12.1. The largest absolute Gasteiger partial charge is 0.393 e. The highest BCUT2D eigenvalue weighted by molar-refractivity contribution is 5.26. The summed E-state index contributed by atoms with van der Waals surface area (Å²) in [6.45, 7) is 15.3. The molecule has 31 heavy (non-hydrogen) atoms. The zero-order valence-corrected chi connectivity index (χ0v) is 20.5. The van der Waals surface area contributed by atoms with Crippen LogP contribution in [0.2, 0.25) is 0 Å². The highest BCUT2D eigenvalue weighted by Crippen LogP contribution is 2.68. The van der Waals surface area contributed by atoms with Crippen LogP contribution < -0.4 is 0 Å². The molecule has 0 aliphatic heterocycles. The van der Waals surface area contributed by atoms with Crippen LogP contribution in [0, 0.1) is 40.4 Å². The molecule has 0 aromatic rings. The van der Waals surface area contributed by atoms with E-state index in [-0.39, 0.29) is 22.9 Å². The highest BCUT2D eigenvalue weighted by Gasteiger charge is 2.65. The lowest BCUT2D eigenvalue weighted by Crippen LogP contribution is -2.58. The van der Waals surface area contributed by atoms with Crippen LogP contribution in [0.1, 0.15) is 92.4 Å². The van der Waals surface area contributed by atoms with Crippen molar-refractivity contribution in [2.45, 2.75) is 110 Å². The Balaban J connectivity index is 1.57. The van der Waals surface area contributed by atoms with Crippen molar-refractivity contribution in [2.24, 2.45) is 40.4 Å². The molecule has 0 aromatic carbocycles. The molecule has 176 valence electrons. The fraction of sp³-hybridized carbons (Fsp3) is 0.857. The molecule has 9 unspecified atom stereocenters. The molecule has 0 amide bonds. The van der Waals surface area contributed by atoms with Gasteiger partial charge in [0.1, 0.15) is 0 Å². The Hall–Kier alpha value is -0.640. The summed E-state index contributed by atoms with van der Waals surface area (Å²) < 4.78 is 0. The summed E-state index contributed by atoms with van der Waals surface area (Å²) in [5, 5.41) is 33.4. The van der Waals surface area contributed by atoms with Gasteiger partial charge in [-0.1, -0.05) is 58.4 Å². The lowest BCUT2D eigenvalue weighted by Gasteiger charge is -2.60. The maximum absolute atomic E-state index is 12.1. The van der Waals surface area contributed by atoms with Gasteiger partial charge in [-0.2, -0.15) is 0 Å². The molecule has 3 fully saturated rings. The van der Waals surface area contributed by atoms with E-state index < -0.39 is 11.7 Å². The van der Waals surface area contributed by atoms with Crippen molar-refractivity contribution < 1.29 is 15.3 Å². The number of aliphatic hydroxyl groups is 3. The molecule has 0 radical (unpaired) electrons. The first kappa shape index (κ1) is 23.5. The average Bonchev–Trinajstić information content (AvgIpc) is 2.99. The number of allylic oxidation sites excluding steroid dienone is 1. The molecule has 3 N–H and O–H groups in total. The monoisotopic (exact) mass is 430 g/mol. The summed E-state index contributed by atoms with van der Waals surface area (Å²) >= 11 is 0. The van der Waals surface area contributed by atoms with Gasteiger partial charge in [0, 0.05) is 5.92 Å². The van der Waals surface area contributed by atoms with Crippen LogP contribution in [0.3, 0.4) is 0 Å². The Bertz CT molecular complexity index is 741. The van der Waals surface area contributed by atoms with Gasteiger partial charge in [0.05, 0.1) is 17.8 Å². The molecule has 4 aliphatic carbocycles. The van der Waals surface area contributed by atoms with Crippen LogP contribution in [0.25, 0.3) is 0 Å². The van der Waals surface area contributed by atoms with Gasteiger partial charge < -0.3 is 15.3 Å². The lowest BCUT2D eigenvalue weighted by atomic mass is 9.46. The van der Waals surface area contributed by atoms with Gasteiger partial charge in [-0.3, -0.25) is 0 Å². The average molecular weight is 431 g/mol. The van der Waals surface area contributed by atoms with Crippen molar-refractivity contribution in [3.63, 3.8) is 0 Å². The Morgan fingerprint density at radius 2 is 1.77 bits per heavy atom. The molecule has 3 saturated carbocycles. The Morgan fingerprint density at radius 3 is 2.45 bits per heavy atom. The minimum absolute atomic E-state index is 0.135. The molecular weight excluding hydrogens is 384 g/mol. The fourth-order valence-corrected chi connectivity index (χ4v) is 8.44. The number of hydrogen-bond donors (Lipinski definition) is 3. The van der Waals surface area contributed by atoms with E-state index in [1.807, 2.05) is 0 Å². The molecule has 0 spiro atoms. The molecular formula is C28H46O3. The minimum Gasteiger partial charge on any atom is -0.393 e. The Kier molecular flexibility index (Phi) is 6.06. The summed E-state index contributed by atoms with van der Waals surface area (Å²) in [6, 6.07) is 0. The van der Waals surface area contributed by atoms with E-state index in [1.165, 1.54) is 5.57 Å². The Labute approximate surface area is 190 Å². The zero-order valence-electron chi connectivity index (χ0n) is 20.5. The van der Waals surface area contributed by atoms with Crippen molar-refractivity contribution in [3.8, 4) is 0 Å². The second kappa shape index (κ2) is 7.99. The number of fused-ring (bicyclic) bond motifs is 5.